The van der Waals surface area contributed by atoms with E-state index >= 15 is 0 Å². The molecule has 1 aliphatic rings. The molecule has 25 heavy (non-hydrogen) atoms. The zero-order valence-corrected chi connectivity index (χ0v) is 14.4. The number of amides is 2. The molecule has 8 heteroatoms. The largest absolute Gasteiger partial charge is 0.444 e. The number of H-pyrrole nitrogens is 1. The Balaban J connectivity index is 1.65. The van der Waals surface area contributed by atoms with Crippen molar-refractivity contribution in [2.75, 3.05) is 11.9 Å². The standard InChI is InChI=1S/C17H21N5O3/c1-17(2,3)25-16(24)22-8-7-14(22)15(23)19-12-6-4-5-11(9-12)13-10-18-21-20-13/h4-6,9-10,14H,7-8H2,1-3H3,(H,19,23)(H,18,20,21)/t14-/m1/s1. The maximum atomic E-state index is 12.5. The molecule has 0 spiro atoms. The molecule has 1 saturated heterocycles. The van der Waals surface area contributed by atoms with Crippen molar-refractivity contribution in [1.29, 1.82) is 0 Å². The summed E-state index contributed by atoms with van der Waals surface area (Å²) in [6.07, 6.45) is 1.76. The van der Waals surface area contributed by atoms with E-state index in [1.807, 2.05) is 18.2 Å². The summed E-state index contributed by atoms with van der Waals surface area (Å²) in [5.74, 6) is -0.227. The van der Waals surface area contributed by atoms with Crippen LogP contribution in [0.15, 0.2) is 30.5 Å². The van der Waals surface area contributed by atoms with Gasteiger partial charge in [0.25, 0.3) is 0 Å². The number of anilines is 1. The van der Waals surface area contributed by atoms with Gasteiger partial charge in [-0.05, 0) is 39.3 Å². The number of likely N-dealkylation sites (tertiary alicyclic amines) is 1. The highest BCUT2D eigenvalue weighted by Gasteiger charge is 2.39. The van der Waals surface area contributed by atoms with Crippen molar-refractivity contribution in [1.82, 2.24) is 20.3 Å². The van der Waals surface area contributed by atoms with E-state index in [1.54, 1.807) is 33.0 Å². The predicted molar refractivity (Wildman–Crippen MR) is 91.8 cm³/mol. The number of hydrogen-bond donors (Lipinski definition) is 2. The minimum absolute atomic E-state index is 0.227. The fourth-order valence-corrected chi connectivity index (χ4v) is 2.52. The molecule has 0 unspecified atom stereocenters. The Kier molecular flexibility index (Phi) is 4.43. The molecule has 1 aromatic carbocycles. The van der Waals surface area contributed by atoms with Gasteiger partial charge in [0.05, 0.1) is 6.20 Å². The average Bonchev–Trinajstić information content (AvgIpc) is 2.98. The summed E-state index contributed by atoms with van der Waals surface area (Å²) >= 11 is 0. The van der Waals surface area contributed by atoms with Crippen molar-refractivity contribution in [3.8, 4) is 11.3 Å². The third-order valence-electron chi connectivity index (χ3n) is 3.79. The summed E-state index contributed by atoms with van der Waals surface area (Å²) < 4.78 is 5.33. The lowest BCUT2D eigenvalue weighted by Crippen LogP contribution is -2.57. The van der Waals surface area contributed by atoms with Crippen molar-refractivity contribution in [3.05, 3.63) is 30.5 Å². The van der Waals surface area contributed by atoms with Gasteiger partial charge in [0, 0.05) is 17.8 Å². The lowest BCUT2D eigenvalue weighted by atomic mass is 10.0. The van der Waals surface area contributed by atoms with Gasteiger partial charge in [-0.15, -0.1) is 0 Å². The highest BCUT2D eigenvalue weighted by atomic mass is 16.6. The minimum Gasteiger partial charge on any atom is -0.444 e. The number of ether oxygens (including phenoxy) is 1. The number of nitrogens with zero attached hydrogens (tertiary/aromatic N) is 3. The minimum atomic E-state index is -0.584. The monoisotopic (exact) mass is 343 g/mol. The van der Waals surface area contributed by atoms with Crippen molar-refractivity contribution in [2.45, 2.75) is 38.8 Å². The predicted octanol–water partition coefficient (Wildman–Crippen LogP) is 2.42. The molecule has 1 aliphatic heterocycles. The van der Waals surface area contributed by atoms with Crippen LogP contribution in [0.2, 0.25) is 0 Å². The molecule has 1 aromatic heterocycles. The second-order valence-corrected chi connectivity index (χ2v) is 6.90. The molecule has 2 amide bonds. The fourth-order valence-electron chi connectivity index (χ4n) is 2.52. The molecule has 132 valence electrons. The molecule has 2 N–H and O–H groups in total. The Hall–Kier alpha value is -2.90. The summed E-state index contributed by atoms with van der Waals surface area (Å²) in [5, 5.41) is 13.2. The topological polar surface area (TPSA) is 100 Å². The first kappa shape index (κ1) is 16.9. The summed E-state index contributed by atoms with van der Waals surface area (Å²) in [6.45, 7) is 5.92. The van der Waals surface area contributed by atoms with Crippen molar-refractivity contribution in [3.63, 3.8) is 0 Å². The van der Waals surface area contributed by atoms with Crippen LogP contribution >= 0.6 is 0 Å². The summed E-state index contributed by atoms with van der Waals surface area (Å²) in [4.78, 5) is 26.0. The lowest BCUT2D eigenvalue weighted by Gasteiger charge is -2.40. The molecule has 3 rings (SSSR count). The Morgan fingerprint density at radius 3 is 2.76 bits per heavy atom. The van der Waals surface area contributed by atoms with Gasteiger partial charge in [-0.2, -0.15) is 15.4 Å². The van der Waals surface area contributed by atoms with E-state index in [9.17, 15) is 9.59 Å². The Morgan fingerprint density at radius 2 is 2.16 bits per heavy atom. The maximum absolute atomic E-state index is 12.5. The van der Waals surface area contributed by atoms with Gasteiger partial charge in [-0.25, -0.2) is 4.79 Å². The van der Waals surface area contributed by atoms with Crippen LogP contribution in [0.3, 0.4) is 0 Å². The number of rotatable bonds is 3. The first-order valence-corrected chi connectivity index (χ1v) is 8.10. The van der Waals surface area contributed by atoms with E-state index in [0.717, 1.165) is 5.56 Å². The molecule has 2 heterocycles. The molecule has 0 bridgehead atoms. The number of aromatic amines is 1. The molecular formula is C17H21N5O3. The lowest BCUT2D eigenvalue weighted by molar-refractivity contribution is -0.125. The van der Waals surface area contributed by atoms with E-state index in [4.69, 9.17) is 4.74 Å². The van der Waals surface area contributed by atoms with Gasteiger partial charge in [0.1, 0.15) is 17.3 Å². The van der Waals surface area contributed by atoms with E-state index in [-0.39, 0.29) is 5.91 Å². The summed E-state index contributed by atoms with van der Waals surface area (Å²) in [6, 6.07) is 6.80. The number of benzene rings is 1. The zero-order valence-electron chi connectivity index (χ0n) is 14.4. The SMILES string of the molecule is CC(C)(C)OC(=O)N1CC[C@@H]1C(=O)Nc1cccc(-c2cn[nH]n2)c1. The van der Waals surface area contributed by atoms with Crippen LogP contribution in [0.5, 0.6) is 0 Å². The number of aromatic nitrogens is 3. The van der Waals surface area contributed by atoms with Crippen molar-refractivity contribution < 1.29 is 14.3 Å². The first-order chi connectivity index (χ1) is 11.8. The van der Waals surface area contributed by atoms with Crippen LogP contribution in [0.1, 0.15) is 27.2 Å². The Bertz CT molecular complexity index is 767. The average molecular weight is 343 g/mol. The van der Waals surface area contributed by atoms with E-state index in [2.05, 4.69) is 20.7 Å². The molecule has 1 fully saturated rings. The second-order valence-electron chi connectivity index (χ2n) is 6.90. The van der Waals surface area contributed by atoms with Crippen LogP contribution in [0.4, 0.5) is 10.5 Å². The molecule has 0 radical (unpaired) electrons. The van der Waals surface area contributed by atoms with E-state index in [1.165, 1.54) is 4.90 Å². The van der Waals surface area contributed by atoms with Gasteiger partial charge in [-0.3, -0.25) is 9.69 Å². The van der Waals surface area contributed by atoms with E-state index < -0.39 is 17.7 Å². The fraction of sp³-hybridized carbons (Fsp3) is 0.412. The van der Waals surface area contributed by atoms with Crippen LogP contribution in [0.25, 0.3) is 11.3 Å². The molecule has 1 atom stereocenters. The molecule has 0 saturated carbocycles. The molecule has 2 aromatic rings. The van der Waals surface area contributed by atoms with E-state index in [0.29, 0.717) is 24.3 Å². The Morgan fingerprint density at radius 1 is 1.36 bits per heavy atom. The van der Waals surface area contributed by atoms with Gasteiger partial charge < -0.3 is 10.1 Å². The third kappa shape index (κ3) is 3.96. The maximum Gasteiger partial charge on any atom is 0.410 e. The van der Waals surface area contributed by atoms with Crippen molar-refractivity contribution >= 4 is 17.7 Å². The molecular weight excluding hydrogens is 322 g/mol. The number of carbonyl (C=O) groups is 2. The number of carbonyl (C=O) groups excluding carboxylic acids is 2. The number of nitrogens with one attached hydrogen (secondary N) is 2. The number of hydrogen-bond acceptors (Lipinski definition) is 5. The van der Waals surface area contributed by atoms with Crippen LogP contribution in [-0.4, -0.2) is 50.5 Å². The van der Waals surface area contributed by atoms with Gasteiger partial charge in [0.2, 0.25) is 5.91 Å². The van der Waals surface area contributed by atoms with Crippen LogP contribution in [0, 0.1) is 0 Å². The molecule has 8 nitrogen and oxygen atoms in total. The quantitative estimate of drug-likeness (QED) is 0.891. The first-order valence-electron chi connectivity index (χ1n) is 8.10. The highest BCUT2D eigenvalue weighted by Crippen LogP contribution is 2.24. The van der Waals surface area contributed by atoms with Gasteiger partial charge in [-0.1, -0.05) is 12.1 Å². The third-order valence-corrected chi connectivity index (χ3v) is 3.79. The van der Waals surface area contributed by atoms with Crippen LogP contribution in [-0.2, 0) is 9.53 Å². The summed E-state index contributed by atoms with van der Waals surface area (Å²) in [5.41, 5.74) is 1.58. The van der Waals surface area contributed by atoms with Gasteiger partial charge in [0.15, 0.2) is 0 Å². The van der Waals surface area contributed by atoms with Crippen LogP contribution < -0.4 is 5.32 Å². The summed E-state index contributed by atoms with van der Waals surface area (Å²) in [7, 11) is 0. The second kappa shape index (κ2) is 6.54. The Labute approximate surface area is 145 Å². The highest BCUT2D eigenvalue weighted by molar-refractivity contribution is 5.97. The molecule has 0 aliphatic carbocycles. The zero-order chi connectivity index (χ0) is 18.0. The van der Waals surface area contributed by atoms with Crippen molar-refractivity contribution in [2.24, 2.45) is 0 Å². The van der Waals surface area contributed by atoms with Gasteiger partial charge >= 0.3 is 6.09 Å². The normalized spacial score (nSPS) is 16.9. The smallest absolute Gasteiger partial charge is 0.410 e.